The highest BCUT2D eigenvalue weighted by molar-refractivity contribution is 6.00. The molecule has 1 heterocycles. The first kappa shape index (κ1) is 15.5. The Morgan fingerprint density at radius 1 is 1.22 bits per heavy atom. The first-order valence-corrected chi connectivity index (χ1v) is 7.66. The molecule has 2 aliphatic rings. The number of hydrogen-bond donors (Lipinski definition) is 2. The number of carbonyl (C=O) groups excluding carboxylic acids is 3. The molecule has 1 atom stereocenters. The number of nitrogens with one attached hydrogen (secondary N) is 2. The maximum absolute atomic E-state index is 12.9. The molecule has 1 aromatic carbocycles. The standard InChI is InChI=1S/C16H18FN3O3/c17-11-1-5-13(6-2-11)20-9-10(7-15(20)22)16(23)18-8-14(21)19-12-3-4-12/h1-2,5-6,10,12H,3-4,7-9H2,(H,18,23)(H,19,21)/t10-/m1/s1. The van der Waals surface area contributed by atoms with Gasteiger partial charge in [0, 0.05) is 24.7 Å². The Morgan fingerprint density at radius 3 is 2.57 bits per heavy atom. The Balaban J connectivity index is 1.52. The van der Waals surface area contributed by atoms with Crippen LogP contribution < -0.4 is 15.5 Å². The molecule has 1 saturated heterocycles. The minimum atomic E-state index is -0.499. The van der Waals surface area contributed by atoms with E-state index in [1.165, 1.54) is 29.2 Å². The van der Waals surface area contributed by atoms with E-state index < -0.39 is 5.92 Å². The lowest BCUT2D eigenvalue weighted by Crippen LogP contribution is -2.40. The maximum atomic E-state index is 12.9. The summed E-state index contributed by atoms with van der Waals surface area (Å²) in [7, 11) is 0. The Bertz CT molecular complexity index is 628. The van der Waals surface area contributed by atoms with Crippen LogP contribution in [0.2, 0.25) is 0 Å². The van der Waals surface area contributed by atoms with Crippen molar-refractivity contribution >= 4 is 23.4 Å². The van der Waals surface area contributed by atoms with Crippen LogP contribution in [0.5, 0.6) is 0 Å². The molecule has 1 aliphatic heterocycles. The van der Waals surface area contributed by atoms with Gasteiger partial charge in [0.2, 0.25) is 17.7 Å². The molecule has 1 aliphatic carbocycles. The molecule has 0 spiro atoms. The number of hydrogen-bond acceptors (Lipinski definition) is 3. The first-order valence-electron chi connectivity index (χ1n) is 7.66. The number of halogens is 1. The van der Waals surface area contributed by atoms with E-state index >= 15 is 0 Å². The topological polar surface area (TPSA) is 78.5 Å². The lowest BCUT2D eigenvalue weighted by molar-refractivity contribution is -0.129. The van der Waals surface area contributed by atoms with Crippen molar-refractivity contribution in [3.63, 3.8) is 0 Å². The monoisotopic (exact) mass is 319 g/mol. The third-order valence-corrected chi connectivity index (χ3v) is 4.00. The van der Waals surface area contributed by atoms with Gasteiger partial charge in [0.1, 0.15) is 5.82 Å². The second-order valence-corrected chi connectivity index (χ2v) is 5.94. The smallest absolute Gasteiger partial charge is 0.239 e. The van der Waals surface area contributed by atoms with E-state index in [4.69, 9.17) is 0 Å². The van der Waals surface area contributed by atoms with E-state index in [9.17, 15) is 18.8 Å². The van der Waals surface area contributed by atoms with E-state index in [1.54, 1.807) is 0 Å². The predicted octanol–water partition coefficient (Wildman–Crippen LogP) is 0.573. The molecule has 1 aromatic rings. The SMILES string of the molecule is O=C(CNC(=O)[C@@H]1CC(=O)N(c2ccc(F)cc2)C1)NC1CC1. The van der Waals surface area contributed by atoms with E-state index in [2.05, 4.69) is 10.6 Å². The van der Waals surface area contributed by atoms with E-state index in [-0.39, 0.29) is 49.1 Å². The summed E-state index contributed by atoms with van der Waals surface area (Å²) < 4.78 is 12.9. The van der Waals surface area contributed by atoms with Gasteiger partial charge in [0.15, 0.2) is 0 Å². The van der Waals surface area contributed by atoms with Crippen LogP contribution >= 0.6 is 0 Å². The van der Waals surface area contributed by atoms with Crippen molar-refractivity contribution in [2.45, 2.75) is 25.3 Å². The molecule has 0 radical (unpaired) electrons. The molecule has 2 N–H and O–H groups in total. The third-order valence-electron chi connectivity index (χ3n) is 4.00. The van der Waals surface area contributed by atoms with Crippen LogP contribution in [0, 0.1) is 11.7 Å². The molecule has 0 unspecified atom stereocenters. The number of carbonyl (C=O) groups is 3. The summed E-state index contributed by atoms with van der Waals surface area (Å²) >= 11 is 0. The lowest BCUT2D eigenvalue weighted by Gasteiger charge is -2.16. The molecule has 23 heavy (non-hydrogen) atoms. The molecule has 1 saturated carbocycles. The Kier molecular flexibility index (Phi) is 4.27. The molecule has 0 aromatic heterocycles. The second-order valence-electron chi connectivity index (χ2n) is 5.94. The summed E-state index contributed by atoms with van der Waals surface area (Å²) in [4.78, 5) is 37.2. The number of nitrogens with zero attached hydrogens (tertiary/aromatic N) is 1. The lowest BCUT2D eigenvalue weighted by atomic mass is 10.1. The Hall–Kier alpha value is -2.44. The van der Waals surface area contributed by atoms with Gasteiger partial charge in [-0.05, 0) is 37.1 Å². The number of benzene rings is 1. The average Bonchev–Trinajstić information content (AvgIpc) is 3.25. The molecule has 6 nitrogen and oxygen atoms in total. The van der Waals surface area contributed by atoms with E-state index in [0.717, 1.165) is 12.8 Å². The van der Waals surface area contributed by atoms with Crippen molar-refractivity contribution in [3.8, 4) is 0 Å². The molecular weight excluding hydrogens is 301 g/mol. The average molecular weight is 319 g/mol. The van der Waals surface area contributed by atoms with Gasteiger partial charge in [-0.3, -0.25) is 14.4 Å². The summed E-state index contributed by atoms with van der Waals surface area (Å²) in [5, 5.41) is 5.35. The summed E-state index contributed by atoms with van der Waals surface area (Å²) in [5.41, 5.74) is 0.568. The van der Waals surface area contributed by atoms with Crippen molar-refractivity contribution in [2.24, 2.45) is 5.92 Å². The second kappa shape index (κ2) is 6.36. The Morgan fingerprint density at radius 2 is 1.91 bits per heavy atom. The van der Waals surface area contributed by atoms with Crippen LogP contribution in [0.4, 0.5) is 10.1 Å². The Labute approximate surface area is 133 Å². The summed E-state index contributed by atoms with van der Waals surface area (Å²) in [6.07, 6.45) is 2.07. The maximum Gasteiger partial charge on any atom is 0.239 e. The molecule has 3 rings (SSSR count). The van der Waals surface area contributed by atoms with Gasteiger partial charge in [-0.15, -0.1) is 0 Å². The van der Waals surface area contributed by atoms with Gasteiger partial charge in [-0.1, -0.05) is 0 Å². The zero-order chi connectivity index (χ0) is 16.4. The number of anilines is 1. The molecule has 0 bridgehead atoms. The first-order chi connectivity index (χ1) is 11.0. The van der Waals surface area contributed by atoms with Crippen molar-refractivity contribution < 1.29 is 18.8 Å². The van der Waals surface area contributed by atoms with Crippen molar-refractivity contribution in [1.29, 1.82) is 0 Å². The highest BCUT2D eigenvalue weighted by Gasteiger charge is 2.35. The molecule has 7 heteroatoms. The van der Waals surface area contributed by atoms with E-state index in [1.807, 2.05) is 0 Å². The van der Waals surface area contributed by atoms with Crippen LogP contribution in [0.3, 0.4) is 0 Å². The highest BCUT2D eigenvalue weighted by Crippen LogP contribution is 2.25. The van der Waals surface area contributed by atoms with Gasteiger partial charge >= 0.3 is 0 Å². The van der Waals surface area contributed by atoms with Gasteiger partial charge in [0.25, 0.3) is 0 Å². The minimum absolute atomic E-state index is 0.0728. The fraction of sp³-hybridized carbons (Fsp3) is 0.438. The number of rotatable bonds is 5. The molecule has 3 amide bonds. The molecule has 2 fully saturated rings. The minimum Gasteiger partial charge on any atom is -0.352 e. The highest BCUT2D eigenvalue weighted by atomic mass is 19.1. The van der Waals surface area contributed by atoms with Gasteiger partial charge < -0.3 is 15.5 Å². The van der Waals surface area contributed by atoms with Crippen molar-refractivity contribution in [3.05, 3.63) is 30.1 Å². The fourth-order valence-corrected chi connectivity index (χ4v) is 2.57. The zero-order valence-corrected chi connectivity index (χ0v) is 12.5. The van der Waals surface area contributed by atoms with Crippen LogP contribution in [-0.4, -0.2) is 36.9 Å². The summed E-state index contributed by atoms with van der Waals surface area (Å²) in [6.45, 7) is 0.164. The predicted molar refractivity (Wildman–Crippen MR) is 81.0 cm³/mol. The van der Waals surface area contributed by atoms with Crippen LogP contribution in [0.15, 0.2) is 24.3 Å². The van der Waals surface area contributed by atoms with Crippen LogP contribution in [0.25, 0.3) is 0 Å². The fourth-order valence-electron chi connectivity index (χ4n) is 2.57. The van der Waals surface area contributed by atoms with Crippen LogP contribution in [-0.2, 0) is 14.4 Å². The van der Waals surface area contributed by atoms with Crippen molar-refractivity contribution in [2.75, 3.05) is 18.0 Å². The molecule has 122 valence electrons. The van der Waals surface area contributed by atoms with Crippen molar-refractivity contribution in [1.82, 2.24) is 10.6 Å². The third kappa shape index (κ3) is 3.85. The zero-order valence-electron chi connectivity index (χ0n) is 12.5. The summed E-state index contributed by atoms with van der Waals surface area (Å²) in [6, 6.07) is 5.82. The molecular formula is C16H18FN3O3. The largest absolute Gasteiger partial charge is 0.352 e. The van der Waals surface area contributed by atoms with E-state index in [0.29, 0.717) is 5.69 Å². The van der Waals surface area contributed by atoms with Crippen LogP contribution in [0.1, 0.15) is 19.3 Å². The normalized spacial score (nSPS) is 20.5. The van der Waals surface area contributed by atoms with Gasteiger partial charge in [-0.2, -0.15) is 0 Å². The van der Waals surface area contributed by atoms with Gasteiger partial charge in [0.05, 0.1) is 12.5 Å². The number of amides is 3. The van der Waals surface area contributed by atoms with Gasteiger partial charge in [-0.25, -0.2) is 4.39 Å². The summed E-state index contributed by atoms with van der Waals surface area (Å²) in [5.74, 6) is -1.58. The quantitative estimate of drug-likeness (QED) is 0.833.